The Morgan fingerprint density at radius 1 is 1.19 bits per heavy atom. The van der Waals surface area contributed by atoms with E-state index in [1.807, 2.05) is 6.92 Å². The Labute approximate surface area is 121 Å². The van der Waals surface area contributed by atoms with Crippen molar-refractivity contribution in [1.82, 2.24) is 15.5 Å². The van der Waals surface area contributed by atoms with Gasteiger partial charge in [-0.2, -0.15) is 0 Å². The number of hydrogen-bond acceptors (Lipinski definition) is 5. The smallest absolute Gasteiger partial charge is 0.258 e. The lowest BCUT2D eigenvalue weighted by Gasteiger charge is -2.05. The molecule has 0 aliphatic rings. The molecule has 0 bridgehead atoms. The van der Waals surface area contributed by atoms with Crippen LogP contribution in [0.2, 0.25) is 0 Å². The lowest BCUT2D eigenvalue weighted by molar-refractivity contribution is 0.0953. The Bertz CT molecular complexity index is 651. The predicted octanol–water partition coefficient (Wildman–Crippen LogP) is 1.77. The fourth-order valence-electron chi connectivity index (χ4n) is 1.64. The SMILES string of the molecule is CCCNC(=O)c1cncc(C(=O)Nc2cc(C)on2)c1. The molecular weight excluding hydrogens is 272 g/mol. The second-order valence-electron chi connectivity index (χ2n) is 4.50. The van der Waals surface area contributed by atoms with Crippen molar-refractivity contribution >= 4 is 17.6 Å². The molecule has 7 heteroatoms. The first kappa shape index (κ1) is 14.7. The van der Waals surface area contributed by atoms with Crippen LogP contribution >= 0.6 is 0 Å². The number of carbonyl (C=O) groups is 2. The number of hydrogen-bond donors (Lipinski definition) is 2. The number of pyridine rings is 1. The number of rotatable bonds is 5. The highest BCUT2D eigenvalue weighted by atomic mass is 16.5. The minimum absolute atomic E-state index is 0.253. The molecule has 0 aliphatic carbocycles. The number of carbonyl (C=O) groups excluding carboxylic acids is 2. The summed E-state index contributed by atoms with van der Waals surface area (Å²) in [6.45, 7) is 4.26. The van der Waals surface area contributed by atoms with Gasteiger partial charge in [-0.25, -0.2) is 0 Å². The highest BCUT2D eigenvalue weighted by Gasteiger charge is 2.12. The Kier molecular flexibility index (Phi) is 4.65. The first-order valence-corrected chi connectivity index (χ1v) is 6.58. The van der Waals surface area contributed by atoms with E-state index in [4.69, 9.17) is 4.52 Å². The molecule has 2 rings (SSSR count). The van der Waals surface area contributed by atoms with Gasteiger partial charge < -0.3 is 15.2 Å². The molecule has 2 aromatic rings. The van der Waals surface area contributed by atoms with Gasteiger partial charge in [0.15, 0.2) is 5.82 Å². The maximum absolute atomic E-state index is 12.0. The molecule has 0 saturated carbocycles. The third-order valence-corrected chi connectivity index (χ3v) is 2.67. The zero-order valence-electron chi connectivity index (χ0n) is 11.8. The summed E-state index contributed by atoms with van der Waals surface area (Å²) in [4.78, 5) is 27.8. The molecule has 21 heavy (non-hydrogen) atoms. The van der Waals surface area contributed by atoms with Crippen molar-refractivity contribution in [3.63, 3.8) is 0 Å². The normalized spacial score (nSPS) is 10.2. The van der Waals surface area contributed by atoms with Crippen molar-refractivity contribution in [3.8, 4) is 0 Å². The summed E-state index contributed by atoms with van der Waals surface area (Å²) >= 11 is 0. The Morgan fingerprint density at radius 3 is 2.52 bits per heavy atom. The Morgan fingerprint density at radius 2 is 1.90 bits per heavy atom. The van der Waals surface area contributed by atoms with Gasteiger partial charge in [-0.15, -0.1) is 0 Å². The van der Waals surface area contributed by atoms with Crippen LogP contribution in [0.3, 0.4) is 0 Å². The van der Waals surface area contributed by atoms with Gasteiger partial charge in [0.2, 0.25) is 0 Å². The van der Waals surface area contributed by atoms with Crippen LogP contribution in [0.15, 0.2) is 29.0 Å². The van der Waals surface area contributed by atoms with Gasteiger partial charge in [0, 0.05) is 25.0 Å². The fourth-order valence-corrected chi connectivity index (χ4v) is 1.64. The van der Waals surface area contributed by atoms with E-state index in [-0.39, 0.29) is 11.5 Å². The molecule has 0 unspecified atom stereocenters. The van der Waals surface area contributed by atoms with Gasteiger partial charge in [0.05, 0.1) is 11.1 Å². The van der Waals surface area contributed by atoms with Crippen LogP contribution in [0, 0.1) is 6.92 Å². The van der Waals surface area contributed by atoms with E-state index in [0.717, 1.165) is 6.42 Å². The standard InChI is InChI=1S/C14H16N4O3/c1-3-4-16-13(19)10-6-11(8-15-7-10)14(20)17-12-5-9(2)21-18-12/h5-8H,3-4H2,1-2H3,(H,16,19)(H,17,18,20). The number of anilines is 1. The molecule has 0 aliphatic heterocycles. The maximum Gasteiger partial charge on any atom is 0.258 e. The van der Waals surface area contributed by atoms with E-state index in [0.29, 0.717) is 23.7 Å². The zero-order chi connectivity index (χ0) is 15.2. The minimum Gasteiger partial charge on any atom is -0.360 e. The summed E-state index contributed by atoms with van der Waals surface area (Å²) < 4.78 is 4.86. The average Bonchev–Trinajstić information content (AvgIpc) is 2.90. The van der Waals surface area contributed by atoms with Crippen LogP contribution < -0.4 is 10.6 Å². The first-order valence-electron chi connectivity index (χ1n) is 6.58. The van der Waals surface area contributed by atoms with E-state index in [1.165, 1.54) is 18.5 Å². The third-order valence-electron chi connectivity index (χ3n) is 2.67. The second kappa shape index (κ2) is 6.65. The molecule has 2 heterocycles. The summed E-state index contributed by atoms with van der Waals surface area (Å²) in [5, 5.41) is 8.98. The van der Waals surface area contributed by atoms with E-state index in [2.05, 4.69) is 20.8 Å². The summed E-state index contributed by atoms with van der Waals surface area (Å²) in [7, 11) is 0. The highest BCUT2D eigenvalue weighted by molar-refractivity contribution is 6.05. The minimum atomic E-state index is -0.402. The first-order chi connectivity index (χ1) is 10.1. The van der Waals surface area contributed by atoms with E-state index >= 15 is 0 Å². The van der Waals surface area contributed by atoms with Crippen molar-refractivity contribution < 1.29 is 14.1 Å². The molecule has 2 amide bonds. The molecular formula is C14H16N4O3. The number of aromatic nitrogens is 2. The Balaban J connectivity index is 2.09. The van der Waals surface area contributed by atoms with Gasteiger partial charge in [0.1, 0.15) is 5.76 Å². The number of nitrogens with one attached hydrogen (secondary N) is 2. The van der Waals surface area contributed by atoms with Crippen molar-refractivity contribution in [2.24, 2.45) is 0 Å². The number of nitrogens with zero attached hydrogens (tertiary/aromatic N) is 2. The molecule has 110 valence electrons. The topological polar surface area (TPSA) is 97.1 Å². The van der Waals surface area contributed by atoms with Crippen LogP contribution in [0.25, 0.3) is 0 Å². The number of aryl methyl sites for hydroxylation is 1. The van der Waals surface area contributed by atoms with Crippen molar-refractivity contribution in [2.75, 3.05) is 11.9 Å². The fraction of sp³-hybridized carbons (Fsp3) is 0.286. The summed E-state index contributed by atoms with van der Waals surface area (Å²) in [5.41, 5.74) is 0.618. The van der Waals surface area contributed by atoms with E-state index < -0.39 is 5.91 Å². The van der Waals surface area contributed by atoms with Crippen molar-refractivity contribution in [1.29, 1.82) is 0 Å². The molecule has 2 N–H and O–H groups in total. The quantitative estimate of drug-likeness (QED) is 0.874. The third kappa shape index (κ3) is 3.88. The van der Waals surface area contributed by atoms with Crippen LogP contribution in [0.5, 0.6) is 0 Å². The van der Waals surface area contributed by atoms with E-state index in [1.54, 1.807) is 13.0 Å². The van der Waals surface area contributed by atoms with Crippen LogP contribution in [-0.4, -0.2) is 28.5 Å². The lowest BCUT2D eigenvalue weighted by atomic mass is 10.2. The monoisotopic (exact) mass is 288 g/mol. The molecule has 0 spiro atoms. The van der Waals surface area contributed by atoms with Crippen LogP contribution in [0.1, 0.15) is 39.8 Å². The number of amides is 2. The maximum atomic E-state index is 12.0. The van der Waals surface area contributed by atoms with Gasteiger partial charge in [-0.1, -0.05) is 12.1 Å². The molecule has 0 saturated heterocycles. The average molecular weight is 288 g/mol. The molecule has 0 radical (unpaired) electrons. The summed E-state index contributed by atoms with van der Waals surface area (Å²) in [6.07, 6.45) is 3.64. The molecule has 0 fully saturated rings. The lowest BCUT2D eigenvalue weighted by Crippen LogP contribution is -2.24. The van der Waals surface area contributed by atoms with E-state index in [9.17, 15) is 9.59 Å². The molecule has 0 atom stereocenters. The molecule has 0 aromatic carbocycles. The Hall–Kier alpha value is -2.70. The second-order valence-corrected chi connectivity index (χ2v) is 4.50. The summed E-state index contributed by atoms with van der Waals surface area (Å²) in [6, 6.07) is 3.09. The van der Waals surface area contributed by atoms with Crippen LogP contribution in [-0.2, 0) is 0 Å². The van der Waals surface area contributed by atoms with Crippen molar-refractivity contribution in [3.05, 3.63) is 41.4 Å². The summed E-state index contributed by atoms with van der Waals surface area (Å²) in [5.74, 6) is 0.256. The highest BCUT2D eigenvalue weighted by Crippen LogP contribution is 2.10. The largest absolute Gasteiger partial charge is 0.360 e. The van der Waals surface area contributed by atoms with Gasteiger partial charge in [0.25, 0.3) is 11.8 Å². The van der Waals surface area contributed by atoms with Gasteiger partial charge >= 0.3 is 0 Å². The molecule has 7 nitrogen and oxygen atoms in total. The van der Waals surface area contributed by atoms with Crippen LogP contribution in [0.4, 0.5) is 5.82 Å². The van der Waals surface area contributed by atoms with Crippen molar-refractivity contribution in [2.45, 2.75) is 20.3 Å². The van der Waals surface area contributed by atoms with Gasteiger partial charge in [-0.05, 0) is 19.4 Å². The molecule has 2 aromatic heterocycles. The zero-order valence-corrected chi connectivity index (χ0v) is 11.8. The predicted molar refractivity (Wildman–Crippen MR) is 76.1 cm³/mol. The van der Waals surface area contributed by atoms with Gasteiger partial charge in [-0.3, -0.25) is 14.6 Å².